The van der Waals surface area contributed by atoms with Crippen LogP contribution in [-0.4, -0.2) is 27.5 Å². The number of H-pyrrole nitrogens is 1. The molecule has 1 heterocycles. The third kappa shape index (κ3) is 3.07. The van der Waals surface area contributed by atoms with Gasteiger partial charge in [0, 0.05) is 23.8 Å². The van der Waals surface area contributed by atoms with Gasteiger partial charge in [-0.1, -0.05) is 19.8 Å². The number of thioether (sulfide) groups is 1. The zero-order valence-corrected chi connectivity index (χ0v) is 11.9. The smallest absolute Gasteiger partial charge is 0.252 e. The molecule has 2 N–H and O–H groups in total. The maximum Gasteiger partial charge on any atom is 0.252 e. The molecule has 4 nitrogen and oxygen atoms in total. The van der Waals surface area contributed by atoms with Crippen molar-refractivity contribution >= 4 is 17.6 Å². The summed E-state index contributed by atoms with van der Waals surface area (Å²) in [5.74, 6) is 1.45. The number of hydrogen-bond donors (Lipinski definition) is 2. The largest absolute Gasteiger partial charge is 0.368 e. The average molecular weight is 267 g/mol. The first-order valence-corrected chi connectivity index (χ1v) is 7.79. The van der Waals surface area contributed by atoms with Crippen molar-refractivity contribution in [1.29, 1.82) is 0 Å². The van der Waals surface area contributed by atoms with Gasteiger partial charge in [0.05, 0.1) is 0 Å². The molecular weight excluding hydrogens is 246 g/mol. The van der Waals surface area contributed by atoms with E-state index in [1.807, 2.05) is 18.7 Å². The molecule has 1 aliphatic rings. The van der Waals surface area contributed by atoms with Crippen molar-refractivity contribution in [2.24, 2.45) is 0 Å². The van der Waals surface area contributed by atoms with Crippen LogP contribution in [0.25, 0.3) is 0 Å². The Morgan fingerprint density at radius 1 is 1.50 bits per heavy atom. The Morgan fingerprint density at radius 3 is 2.83 bits per heavy atom. The molecule has 2 rings (SSSR count). The maximum absolute atomic E-state index is 11.5. The minimum atomic E-state index is -0.0750. The molecule has 1 saturated carbocycles. The van der Waals surface area contributed by atoms with E-state index < -0.39 is 0 Å². The van der Waals surface area contributed by atoms with Gasteiger partial charge in [0.25, 0.3) is 5.56 Å². The van der Waals surface area contributed by atoms with E-state index >= 15 is 0 Å². The summed E-state index contributed by atoms with van der Waals surface area (Å²) in [6.45, 7) is 2.89. The summed E-state index contributed by atoms with van der Waals surface area (Å²) in [6, 6.07) is 1.54. The highest BCUT2D eigenvalue weighted by molar-refractivity contribution is 8.00. The lowest BCUT2D eigenvalue weighted by atomic mass is 10.1. The first-order chi connectivity index (χ1) is 8.67. The van der Waals surface area contributed by atoms with Gasteiger partial charge in [0.15, 0.2) is 0 Å². The number of rotatable bonds is 5. The fourth-order valence-corrected chi connectivity index (χ4v) is 3.40. The normalized spacial score (nSPS) is 17.9. The lowest BCUT2D eigenvalue weighted by Gasteiger charge is -2.27. The fourth-order valence-electron chi connectivity index (χ4n) is 2.49. The van der Waals surface area contributed by atoms with Gasteiger partial charge >= 0.3 is 0 Å². The molecule has 0 bridgehead atoms. The molecule has 1 aliphatic carbocycles. The van der Waals surface area contributed by atoms with Crippen LogP contribution in [0.15, 0.2) is 10.9 Å². The summed E-state index contributed by atoms with van der Waals surface area (Å²) < 4.78 is 0.330. The Kier molecular flexibility index (Phi) is 4.32. The van der Waals surface area contributed by atoms with Crippen LogP contribution in [0.3, 0.4) is 0 Å². The fraction of sp³-hybridized carbons (Fsp3) is 0.692. The number of hydrogen-bond acceptors (Lipinski definition) is 4. The summed E-state index contributed by atoms with van der Waals surface area (Å²) in [7, 11) is 0. The van der Waals surface area contributed by atoms with Crippen LogP contribution >= 0.6 is 11.8 Å². The molecule has 5 heteroatoms. The molecule has 1 aromatic rings. The van der Waals surface area contributed by atoms with Crippen molar-refractivity contribution < 1.29 is 0 Å². The van der Waals surface area contributed by atoms with Crippen molar-refractivity contribution in [3.63, 3.8) is 0 Å². The molecule has 1 fully saturated rings. The number of nitrogens with one attached hydrogen (secondary N) is 2. The molecular formula is C13H21N3OS. The van der Waals surface area contributed by atoms with E-state index in [0.29, 0.717) is 10.6 Å². The van der Waals surface area contributed by atoms with Crippen LogP contribution in [0.1, 0.15) is 38.4 Å². The van der Waals surface area contributed by atoms with Crippen LogP contribution in [0.2, 0.25) is 0 Å². The standard InChI is InChI=1S/C13H21N3OS/c1-3-10-15-11(8-12(17)16-10)14-9-13(18-2)6-4-5-7-13/h8H,3-7,9H2,1-2H3,(H2,14,15,16,17). The van der Waals surface area contributed by atoms with Crippen molar-refractivity contribution in [3.8, 4) is 0 Å². The van der Waals surface area contributed by atoms with E-state index in [0.717, 1.165) is 18.8 Å². The van der Waals surface area contributed by atoms with E-state index in [9.17, 15) is 4.79 Å². The molecule has 1 aromatic heterocycles. The number of nitrogens with zero attached hydrogens (tertiary/aromatic N) is 1. The zero-order chi connectivity index (χ0) is 13.0. The quantitative estimate of drug-likeness (QED) is 0.860. The Bertz CT molecular complexity index is 452. The Balaban J connectivity index is 2.05. The predicted octanol–water partition coefficient (Wildman–Crippen LogP) is 2.42. The van der Waals surface area contributed by atoms with E-state index in [4.69, 9.17) is 0 Å². The number of aromatic nitrogens is 2. The molecule has 0 amide bonds. The highest BCUT2D eigenvalue weighted by Gasteiger charge is 2.32. The second-order valence-electron chi connectivity index (χ2n) is 4.88. The molecule has 0 radical (unpaired) electrons. The predicted molar refractivity (Wildman–Crippen MR) is 77.4 cm³/mol. The van der Waals surface area contributed by atoms with Crippen molar-refractivity contribution in [3.05, 3.63) is 22.2 Å². The average Bonchev–Trinajstić information content (AvgIpc) is 2.85. The second-order valence-corrected chi connectivity index (χ2v) is 6.15. The molecule has 0 aliphatic heterocycles. The first-order valence-electron chi connectivity index (χ1n) is 6.57. The molecule has 0 unspecified atom stereocenters. The maximum atomic E-state index is 11.5. The van der Waals surface area contributed by atoms with Gasteiger partial charge < -0.3 is 10.3 Å². The minimum Gasteiger partial charge on any atom is -0.368 e. The van der Waals surface area contributed by atoms with Gasteiger partial charge in [-0.15, -0.1) is 0 Å². The molecule has 0 saturated heterocycles. The van der Waals surface area contributed by atoms with Crippen LogP contribution in [0, 0.1) is 0 Å². The Hall–Kier alpha value is -0.970. The van der Waals surface area contributed by atoms with E-state index in [-0.39, 0.29) is 5.56 Å². The summed E-state index contributed by atoms with van der Waals surface area (Å²) in [5.41, 5.74) is -0.0750. The van der Waals surface area contributed by atoms with Gasteiger partial charge in [0.1, 0.15) is 11.6 Å². The highest BCUT2D eigenvalue weighted by Crippen LogP contribution is 2.40. The SMILES string of the molecule is CCc1nc(NCC2(SC)CCCC2)cc(=O)[nH]1. The lowest BCUT2D eigenvalue weighted by molar-refractivity contribution is 0.638. The molecule has 0 atom stereocenters. The van der Waals surface area contributed by atoms with Crippen LogP contribution in [0.5, 0.6) is 0 Å². The van der Waals surface area contributed by atoms with Crippen LogP contribution < -0.4 is 10.9 Å². The zero-order valence-electron chi connectivity index (χ0n) is 11.1. The Labute approximate surface area is 112 Å². The number of aryl methyl sites for hydroxylation is 1. The summed E-state index contributed by atoms with van der Waals surface area (Å²) in [5, 5.41) is 3.34. The van der Waals surface area contributed by atoms with Gasteiger partial charge in [-0.05, 0) is 19.1 Å². The van der Waals surface area contributed by atoms with Gasteiger partial charge in [0.2, 0.25) is 0 Å². The number of aromatic amines is 1. The van der Waals surface area contributed by atoms with Crippen molar-refractivity contribution in [1.82, 2.24) is 9.97 Å². The molecule has 0 spiro atoms. The second kappa shape index (κ2) is 5.78. The van der Waals surface area contributed by atoms with E-state index in [1.165, 1.54) is 25.7 Å². The summed E-state index contributed by atoms with van der Waals surface area (Å²) in [4.78, 5) is 18.6. The van der Waals surface area contributed by atoms with E-state index in [1.54, 1.807) is 6.07 Å². The third-order valence-corrected chi connectivity index (χ3v) is 5.08. The highest BCUT2D eigenvalue weighted by atomic mass is 32.2. The molecule has 0 aromatic carbocycles. The monoisotopic (exact) mass is 267 g/mol. The third-order valence-electron chi connectivity index (χ3n) is 3.67. The van der Waals surface area contributed by atoms with Gasteiger partial charge in [-0.25, -0.2) is 4.98 Å². The number of anilines is 1. The Morgan fingerprint density at radius 2 is 2.22 bits per heavy atom. The van der Waals surface area contributed by atoms with Crippen LogP contribution in [-0.2, 0) is 6.42 Å². The molecule has 18 heavy (non-hydrogen) atoms. The van der Waals surface area contributed by atoms with Crippen molar-refractivity contribution in [2.45, 2.75) is 43.8 Å². The summed E-state index contributed by atoms with van der Waals surface area (Å²) in [6.07, 6.45) is 8.06. The lowest BCUT2D eigenvalue weighted by Crippen LogP contribution is -2.30. The summed E-state index contributed by atoms with van der Waals surface area (Å²) >= 11 is 1.94. The van der Waals surface area contributed by atoms with Gasteiger partial charge in [-0.2, -0.15) is 11.8 Å². The van der Waals surface area contributed by atoms with Crippen LogP contribution in [0.4, 0.5) is 5.82 Å². The molecule has 100 valence electrons. The minimum absolute atomic E-state index is 0.0750. The first kappa shape index (κ1) is 13.5. The van der Waals surface area contributed by atoms with E-state index in [2.05, 4.69) is 21.5 Å². The van der Waals surface area contributed by atoms with Crippen molar-refractivity contribution in [2.75, 3.05) is 18.1 Å². The van der Waals surface area contributed by atoms with Gasteiger partial charge in [-0.3, -0.25) is 4.79 Å². The topological polar surface area (TPSA) is 57.8 Å².